The van der Waals surface area contributed by atoms with E-state index in [1.807, 2.05) is 25.1 Å². The first-order valence-corrected chi connectivity index (χ1v) is 6.95. The number of hydrogen-bond donors (Lipinski definition) is 2. The zero-order chi connectivity index (χ0) is 15.6. The van der Waals surface area contributed by atoms with Crippen LogP contribution in [-0.4, -0.2) is 17.9 Å². The van der Waals surface area contributed by atoms with Crippen molar-refractivity contribution >= 4 is 28.9 Å². The van der Waals surface area contributed by atoms with E-state index >= 15 is 0 Å². The van der Waals surface area contributed by atoms with Crippen molar-refractivity contribution in [1.29, 1.82) is 0 Å². The minimum Gasteiger partial charge on any atom is -0.399 e. The summed E-state index contributed by atoms with van der Waals surface area (Å²) in [7, 11) is 1.74. The lowest BCUT2D eigenvalue weighted by molar-refractivity contribution is 0.0742. The van der Waals surface area contributed by atoms with Crippen LogP contribution in [0.4, 0.5) is 11.4 Å². The Morgan fingerprint density at radius 3 is 2.33 bits per heavy atom. The van der Waals surface area contributed by atoms with Crippen molar-refractivity contribution in [2.24, 2.45) is 0 Å². The number of benzene rings is 2. The van der Waals surface area contributed by atoms with Gasteiger partial charge in [-0.3, -0.25) is 4.79 Å². The average Bonchev–Trinajstić information content (AvgIpc) is 2.44. The molecule has 0 aliphatic rings. The van der Waals surface area contributed by atoms with Gasteiger partial charge in [-0.15, -0.1) is 0 Å². The van der Waals surface area contributed by atoms with E-state index in [1.165, 1.54) is 0 Å². The Hall–Kier alpha value is -2.20. The molecule has 2 aromatic carbocycles. The summed E-state index contributed by atoms with van der Waals surface area (Å²) in [5.41, 5.74) is 13.9. The monoisotopic (exact) mass is 303 g/mol. The fourth-order valence-electron chi connectivity index (χ4n) is 2.17. The summed E-state index contributed by atoms with van der Waals surface area (Å²) in [5, 5.41) is 0.647. The van der Waals surface area contributed by atoms with Gasteiger partial charge >= 0.3 is 0 Å². The molecule has 0 aliphatic heterocycles. The predicted molar refractivity (Wildman–Crippen MR) is 87.2 cm³/mol. The second-order valence-corrected chi connectivity index (χ2v) is 5.47. The molecule has 4 nitrogen and oxygen atoms in total. The number of rotatable bonds is 3. The minimum absolute atomic E-state index is 0.112. The van der Waals surface area contributed by atoms with E-state index < -0.39 is 0 Å². The van der Waals surface area contributed by atoms with E-state index in [4.69, 9.17) is 23.1 Å². The molecule has 0 heterocycles. The van der Waals surface area contributed by atoms with Crippen LogP contribution in [0.25, 0.3) is 0 Å². The Labute approximate surface area is 129 Å². The number of hydrogen-bond acceptors (Lipinski definition) is 3. The van der Waals surface area contributed by atoms with Gasteiger partial charge in [0.05, 0.1) is 6.04 Å². The first-order valence-electron chi connectivity index (χ1n) is 6.57. The van der Waals surface area contributed by atoms with Gasteiger partial charge in [0.1, 0.15) is 0 Å². The lowest BCUT2D eigenvalue weighted by atomic mass is 10.1. The van der Waals surface area contributed by atoms with Crippen LogP contribution in [0, 0.1) is 0 Å². The third-order valence-corrected chi connectivity index (χ3v) is 3.69. The van der Waals surface area contributed by atoms with Crippen LogP contribution in [0.15, 0.2) is 42.5 Å². The Balaban J connectivity index is 2.26. The maximum absolute atomic E-state index is 12.5. The number of carbonyl (C=O) groups is 1. The van der Waals surface area contributed by atoms with Crippen molar-refractivity contribution in [2.75, 3.05) is 18.5 Å². The van der Waals surface area contributed by atoms with Crippen molar-refractivity contribution < 1.29 is 4.79 Å². The summed E-state index contributed by atoms with van der Waals surface area (Å²) < 4.78 is 0. The van der Waals surface area contributed by atoms with Gasteiger partial charge < -0.3 is 16.4 Å². The molecule has 1 amide bonds. The lowest BCUT2D eigenvalue weighted by Crippen LogP contribution is -2.29. The van der Waals surface area contributed by atoms with Crippen LogP contribution in [0.2, 0.25) is 5.02 Å². The maximum atomic E-state index is 12.5. The highest BCUT2D eigenvalue weighted by Gasteiger charge is 2.19. The first kappa shape index (κ1) is 15.2. The third kappa shape index (κ3) is 3.47. The second kappa shape index (κ2) is 6.06. The fourth-order valence-corrected chi connectivity index (χ4v) is 2.37. The van der Waals surface area contributed by atoms with Crippen LogP contribution < -0.4 is 11.5 Å². The number of nitrogens with zero attached hydrogens (tertiary/aromatic N) is 1. The van der Waals surface area contributed by atoms with Crippen molar-refractivity contribution in [3.63, 3.8) is 0 Å². The number of nitrogen functional groups attached to an aromatic ring is 2. The number of nitrogens with two attached hydrogens (primary N) is 2. The Morgan fingerprint density at radius 2 is 1.76 bits per heavy atom. The first-order chi connectivity index (χ1) is 9.88. The number of carbonyl (C=O) groups excluding carboxylic acids is 1. The van der Waals surface area contributed by atoms with Gasteiger partial charge in [0, 0.05) is 29.0 Å². The van der Waals surface area contributed by atoms with Crippen LogP contribution >= 0.6 is 11.6 Å². The molecule has 0 fully saturated rings. The molecule has 0 saturated heterocycles. The van der Waals surface area contributed by atoms with Crippen LogP contribution in [0.3, 0.4) is 0 Å². The predicted octanol–water partition coefficient (Wildman–Crippen LogP) is 3.34. The SMILES string of the molecule is CC(c1cccc(Cl)c1)N(C)C(=O)c1cc(N)cc(N)c1. The molecule has 1 atom stereocenters. The third-order valence-electron chi connectivity index (χ3n) is 3.46. The molecule has 0 aromatic heterocycles. The van der Waals surface area contributed by atoms with Crippen molar-refractivity contribution in [2.45, 2.75) is 13.0 Å². The summed E-state index contributed by atoms with van der Waals surface area (Å²) >= 11 is 6.00. The van der Waals surface area contributed by atoms with Gasteiger partial charge in [-0.2, -0.15) is 0 Å². The van der Waals surface area contributed by atoms with E-state index in [0.29, 0.717) is 22.0 Å². The molecular formula is C16H18ClN3O. The van der Waals surface area contributed by atoms with E-state index in [-0.39, 0.29) is 11.9 Å². The Kier molecular flexibility index (Phi) is 4.38. The topological polar surface area (TPSA) is 72.3 Å². The Morgan fingerprint density at radius 1 is 1.14 bits per heavy atom. The molecule has 0 radical (unpaired) electrons. The highest BCUT2D eigenvalue weighted by Crippen LogP contribution is 2.24. The molecular weight excluding hydrogens is 286 g/mol. The maximum Gasteiger partial charge on any atom is 0.254 e. The summed E-state index contributed by atoms with van der Waals surface area (Å²) in [4.78, 5) is 14.2. The van der Waals surface area contributed by atoms with E-state index in [0.717, 1.165) is 5.56 Å². The van der Waals surface area contributed by atoms with Gasteiger partial charge in [-0.25, -0.2) is 0 Å². The second-order valence-electron chi connectivity index (χ2n) is 5.04. The quantitative estimate of drug-likeness (QED) is 0.854. The molecule has 2 rings (SSSR count). The number of anilines is 2. The average molecular weight is 304 g/mol. The van der Waals surface area contributed by atoms with E-state index in [2.05, 4.69) is 0 Å². The number of halogens is 1. The molecule has 0 bridgehead atoms. The smallest absolute Gasteiger partial charge is 0.254 e. The molecule has 1 unspecified atom stereocenters. The fraction of sp³-hybridized carbons (Fsp3) is 0.188. The van der Waals surface area contributed by atoms with E-state index in [1.54, 1.807) is 36.2 Å². The van der Waals surface area contributed by atoms with E-state index in [9.17, 15) is 4.79 Å². The minimum atomic E-state index is -0.138. The molecule has 2 aromatic rings. The highest BCUT2D eigenvalue weighted by atomic mass is 35.5. The van der Waals surface area contributed by atoms with Crippen LogP contribution in [0.1, 0.15) is 28.9 Å². The summed E-state index contributed by atoms with van der Waals surface area (Å²) in [6.07, 6.45) is 0. The summed E-state index contributed by atoms with van der Waals surface area (Å²) in [6, 6.07) is 12.2. The number of amides is 1. The molecule has 0 spiro atoms. The molecule has 0 saturated carbocycles. The van der Waals surface area contributed by atoms with Crippen LogP contribution in [0.5, 0.6) is 0 Å². The molecule has 4 N–H and O–H groups in total. The summed E-state index contributed by atoms with van der Waals surface area (Å²) in [5.74, 6) is -0.138. The molecule has 110 valence electrons. The van der Waals surface area contributed by atoms with Crippen LogP contribution in [-0.2, 0) is 0 Å². The standard InChI is InChI=1S/C16H18ClN3O/c1-10(11-4-3-5-13(17)6-11)20(2)16(21)12-7-14(18)9-15(19)8-12/h3-10H,18-19H2,1-2H3. The van der Waals surface area contributed by atoms with Gasteiger partial charge in [-0.1, -0.05) is 23.7 Å². The largest absolute Gasteiger partial charge is 0.399 e. The van der Waals surface area contributed by atoms with Gasteiger partial charge in [-0.05, 0) is 42.8 Å². The Bertz CT molecular complexity index is 652. The van der Waals surface area contributed by atoms with Gasteiger partial charge in [0.15, 0.2) is 0 Å². The normalized spacial score (nSPS) is 12.0. The molecule has 0 aliphatic carbocycles. The molecule has 21 heavy (non-hydrogen) atoms. The highest BCUT2D eigenvalue weighted by molar-refractivity contribution is 6.30. The van der Waals surface area contributed by atoms with Crippen molar-refractivity contribution in [3.05, 3.63) is 58.6 Å². The van der Waals surface area contributed by atoms with Gasteiger partial charge in [0.25, 0.3) is 5.91 Å². The van der Waals surface area contributed by atoms with Gasteiger partial charge in [0.2, 0.25) is 0 Å². The zero-order valence-corrected chi connectivity index (χ0v) is 12.8. The molecule has 5 heteroatoms. The summed E-state index contributed by atoms with van der Waals surface area (Å²) in [6.45, 7) is 1.94. The lowest BCUT2D eigenvalue weighted by Gasteiger charge is -2.26. The zero-order valence-electron chi connectivity index (χ0n) is 12.0. The van der Waals surface area contributed by atoms with Crippen molar-refractivity contribution in [3.8, 4) is 0 Å². The van der Waals surface area contributed by atoms with Crippen molar-refractivity contribution in [1.82, 2.24) is 4.90 Å².